The van der Waals surface area contributed by atoms with Gasteiger partial charge in [0.2, 0.25) is 11.8 Å². The minimum atomic E-state index is 0.0362. The molecule has 0 unspecified atom stereocenters. The van der Waals surface area contributed by atoms with Crippen molar-refractivity contribution in [3.63, 3.8) is 0 Å². The lowest BCUT2D eigenvalue weighted by molar-refractivity contribution is -0.144. The molecule has 4 aliphatic rings. The van der Waals surface area contributed by atoms with Gasteiger partial charge in [0, 0.05) is 51.7 Å². The first-order valence-electron chi connectivity index (χ1n) is 10.1. The van der Waals surface area contributed by atoms with Gasteiger partial charge >= 0.3 is 0 Å². The lowest BCUT2D eigenvalue weighted by Gasteiger charge is -2.39. The number of hydrogen-bond donors (Lipinski definition) is 0. The summed E-state index contributed by atoms with van der Waals surface area (Å²) in [6, 6.07) is 0.433. The maximum Gasteiger partial charge on any atom is 0.227 e. The van der Waals surface area contributed by atoms with Gasteiger partial charge in [-0.25, -0.2) is 0 Å². The van der Waals surface area contributed by atoms with Gasteiger partial charge in [0.05, 0.1) is 19.1 Å². The van der Waals surface area contributed by atoms with Gasteiger partial charge in [-0.2, -0.15) is 0 Å². The van der Waals surface area contributed by atoms with Gasteiger partial charge < -0.3 is 14.5 Å². The van der Waals surface area contributed by atoms with Crippen molar-refractivity contribution in [2.24, 2.45) is 11.8 Å². The van der Waals surface area contributed by atoms with Crippen LogP contribution in [0.5, 0.6) is 0 Å². The van der Waals surface area contributed by atoms with Crippen LogP contribution >= 0.6 is 0 Å². The summed E-state index contributed by atoms with van der Waals surface area (Å²) in [5.41, 5.74) is 0. The van der Waals surface area contributed by atoms with E-state index in [-0.39, 0.29) is 11.8 Å². The summed E-state index contributed by atoms with van der Waals surface area (Å²) >= 11 is 0. The molecule has 0 aromatic carbocycles. The van der Waals surface area contributed by atoms with E-state index in [2.05, 4.69) is 9.80 Å². The van der Waals surface area contributed by atoms with Gasteiger partial charge in [-0.05, 0) is 38.0 Å². The highest BCUT2D eigenvalue weighted by molar-refractivity contribution is 5.84. The molecule has 6 nitrogen and oxygen atoms in total. The molecule has 2 amide bonds. The number of nitrogens with zero attached hydrogens (tertiary/aromatic N) is 3. The Morgan fingerprint density at radius 3 is 2.40 bits per heavy atom. The van der Waals surface area contributed by atoms with E-state index < -0.39 is 0 Å². The molecule has 3 aliphatic heterocycles. The van der Waals surface area contributed by atoms with Gasteiger partial charge in [-0.1, -0.05) is 0 Å². The van der Waals surface area contributed by atoms with Crippen LogP contribution in [0.1, 0.15) is 38.5 Å². The number of ether oxygens (including phenoxy) is 1. The molecule has 1 atom stereocenters. The van der Waals surface area contributed by atoms with Crippen LogP contribution in [0.3, 0.4) is 0 Å². The molecule has 1 saturated carbocycles. The van der Waals surface area contributed by atoms with Crippen molar-refractivity contribution in [2.75, 3.05) is 52.5 Å². The van der Waals surface area contributed by atoms with E-state index in [0.29, 0.717) is 30.8 Å². The fourth-order valence-corrected chi connectivity index (χ4v) is 4.56. The number of hydrogen-bond acceptors (Lipinski definition) is 4. The highest BCUT2D eigenvalue weighted by Gasteiger charge is 2.40. The molecule has 25 heavy (non-hydrogen) atoms. The van der Waals surface area contributed by atoms with Crippen LogP contribution in [0, 0.1) is 11.8 Å². The summed E-state index contributed by atoms with van der Waals surface area (Å²) in [7, 11) is 0. The van der Waals surface area contributed by atoms with E-state index in [0.717, 1.165) is 78.0 Å². The van der Waals surface area contributed by atoms with Crippen molar-refractivity contribution in [1.29, 1.82) is 0 Å². The van der Waals surface area contributed by atoms with Crippen LogP contribution in [-0.2, 0) is 14.3 Å². The van der Waals surface area contributed by atoms with Crippen LogP contribution in [0.4, 0.5) is 0 Å². The van der Waals surface area contributed by atoms with E-state index in [1.54, 1.807) is 0 Å². The molecule has 0 bridgehead atoms. The van der Waals surface area contributed by atoms with Gasteiger partial charge in [-0.3, -0.25) is 14.5 Å². The maximum atomic E-state index is 12.9. The first-order chi connectivity index (χ1) is 12.2. The second-order valence-corrected chi connectivity index (χ2v) is 8.19. The summed E-state index contributed by atoms with van der Waals surface area (Å²) in [5, 5.41) is 0. The molecule has 0 aromatic rings. The third kappa shape index (κ3) is 4.17. The third-order valence-corrected chi connectivity index (χ3v) is 6.33. The van der Waals surface area contributed by atoms with Crippen LogP contribution in [0.2, 0.25) is 0 Å². The standard InChI is InChI=1S/C19H31N3O3/c23-18-4-1-16(14-22(18)17-2-3-17)19(24)21-7-5-15(6-8-21)13-20-9-11-25-12-10-20/h15-17H,1-14H2/t16-/m1/s1. The highest BCUT2D eigenvalue weighted by Crippen LogP contribution is 2.32. The number of piperidine rings is 2. The Balaban J connectivity index is 1.24. The summed E-state index contributed by atoms with van der Waals surface area (Å²) in [6.45, 7) is 7.40. The highest BCUT2D eigenvalue weighted by atomic mass is 16.5. The van der Waals surface area contributed by atoms with E-state index >= 15 is 0 Å². The van der Waals surface area contributed by atoms with Crippen molar-refractivity contribution in [2.45, 2.75) is 44.6 Å². The number of carbonyl (C=O) groups is 2. The van der Waals surface area contributed by atoms with E-state index in [4.69, 9.17) is 4.74 Å². The third-order valence-electron chi connectivity index (χ3n) is 6.33. The van der Waals surface area contributed by atoms with Crippen molar-refractivity contribution in [3.8, 4) is 0 Å². The normalized spacial score (nSPS) is 29.9. The van der Waals surface area contributed by atoms with Crippen LogP contribution in [-0.4, -0.2) is 85.0 Å². The molecule has 0 N–H and O–H groups in total. The molecule has 6 heteroatoms. The second-order valence-electron chi connectivity index (χ2n) is 8.19. The number of morpholine rings is 1. The molecule has 4 rings (SSSR count). The molecular weight excluding hydrogens is 318 g/mol. The molecule has 0 spiro atoms. The fraction of sp³-hybridized carbons (Fsp3) is 0.895. The number of likely N-dealkylation sites (tertiary alicyclic amines) is 2. The summed E-state index contributed by atoms with van der Waals surface area (Å²) in [5.74, 6) is 1.30. The topological polar surface area (TPSA) is 53.1 Å². The van der Waals surface area contributed by atoms with Crippen molar-refractivity contribution >= 4 is 11.8 Å². The quantitative estimate of drug-likeness (QED) is 0.759. The Kier molecular flexibility index (Phi) is 5.27. The van der Waals surface area contributed by atoms with Crippen LogP contribution in [0.15, 0.2) is 0 Å². The number of amides is 2. The molecular formula is C19H31N3O3. The van der Waals surface area contributed by atoms with Crippen molar-refractivity contribution in [1.82, 2.24) is 14.7 Å². The number of carbonyl (C=O) groups excluding carboxylic acids is 2. The van der Waals surface area contributed by atoms with Crippen molar-refractivity contribution < 1.29 is 14.3 Å². The van der Waals surface area contributed by atoms with Gasteiger partial charge in [0.25, 0.3) is 0 Å². The molecule has 1 aliphatic carbocycles. The van der Waals surface area contributed by atoms with E-state index in [1.807, 2.05) is 4.90 Å². The largest absolute Gasteiger partial charge is 0.379 e. The maximum absolute atomic E-state index is 12.9. The predicted molar refractivity (Wildman–Crippen MR) is 94.0 cm³/mol. The smallest absolute Gasteiger partial charge is 0.227 e. The molecule has 4 fully saturated rings. The minimum Gasteiger partial charge on any atom is -0.379 e. The Morgan fingerprint density at radius 1 is 1.00 bits per heavy atom. The molecule has 3 heterocycles. The number of rotatable bonds is 4. The molecule has 0 radical (unpaired) electrons. The average Bonchev–Trinajstić information content (AvgIpc) is 3.48. The lowest BCUT2D eigenvalue weighted by atomic mass is 9.92. The lowest BCUT2D eigenvalue weighted by Crippen LogP contribution is -2.50. The SMILES string of the molecule is O=C([C@@H]1CCC(=O)N(C2CC2)C1)N1CCC(CN2CCOCC2)CC1. The molecule has 0 aromatic heterocycles. The van der Waals surface area contributed by atoms with E-state index in [9.17, 15) is 9.59 Å². The summed E-state index contributed by atoms with van der Waals surface area (Å²) < 4.78 is 5.42. The van der Waals surface area contributed by atoms with Gasteiger partial charge in [0.1, 0.15) is 0 Å². The minimum absolute atomic E-state index is 0.0362. The first-order valence-corrected chi connectivity index (χ1v) is 10.1. The van der Waals surface area contributed by atoms with Crippen molar-refractivity contribution in [3.05, 3.63) is 0 Å². The second kappa shape index (κ2) is 7.62. The summed E-state index contributed by atoms with van der Waals surface area (Å²) in [6.07, 6.45) is 5.77. The predicted octanol–water partition coefficient (Wildman–Crippen LogP) is 0.958. The summed E-state index contributed by atoms with van der Waals surface area (Å²) in [4.78, 5) is 31.5. The Labute approximate surface area is 150 Å². The first kappa shape index (κ1) is 17.3. The monoisotopic (exact) mass is 349 g/mol. The zero-order valence-electron chi connectivity index (χ0n) is 15.2. The van der Waals surface area contributed by atoms with E-state index in [1.165, 1.54) is 0 Å². The van der Waals surface area contributed by atoms with Gasteiger partial charge in [-0.15, -0.1) is 0 Å². The Hall–Kier alpha value is -1.14. The van der Waals surface area contributed by atoms with Crippen LogP contribution in [0.25, 0.3) is 0 Å². The Morgan fingerprint density at radius 2 is 1.72 bits per heavy atom. The molecule has 3 saturated heterocycles. The Bertz CT molecular complexity index is 494. The average molecular weight is 349 g/mol. The molecule has 140 valence electrons. The zero-order chi connectivity index (χ0) is 17.2. The fourth-order valence-electron chi connectivity index (χ4n) is 4.56. The van der Waals surface area contributed by atoms with Crippen LogP contribution < -0.4 is 0 Å². The zero-order valence-corrected chi connectivity index (χ0v) is 15.2. The van der Waals surface area contributed by atoms with Gasteiger partial charge in [0.15, 0.2) is 0 Å².